The van der Waals surface area contributed by atoms with E-state index in [2.05, 4.69) is 15.6 Å². The molecule has 1 aromatic heterocycles. The number of carbonyl (C=O) groups is 1. The Morgan fingerprint density at radius 3 is 2.56 bits per heavy atom. The summed E-state index contributed by atoms with van der Waals surface area (Å²) in [4.78, 5) is 12.2. The van der Waals surface area contributed by atoms with E-state index >= 15 is 0 Å². The van der Waals surface area contributed by atoms with Crippen LogP contribution in [0.25, 0.3) is 11.3 Å². The van der Waals surface area contributed by atoms with Gasteiger partial charge in [0.2, 0.25) is 5.82 Å². The lowest BCUT2D eigenvalue weighted by Gasteiger charge is -2.09. The fraction of sp³-hybridized carbons (Fsp3) is 0.250. The van der Waals surface area contributed by atoms with E-state index in [0.29, 0.717) is 11.4 Å². The minimum Gasteiger partial charge on any atom is -0.496 e. The number of benzene rings is 2. The molecule has 0 saturated heterocycles. The molecule has 1 N–H and O–H groups in total. The first kappa shape index (κ1) is 18.4. The van der Waals surface area contributed by atoms with Crippen LogP contribution in [0.2, 0.25) is 0 Å². The number of hydrogen-bond donors (Lipinski definition) is 1. The van der Waals surface area contributed by atoms with Crippen molar-refractivity contribution in [3.8, 4) is 22.8 Å². The fourth-order valence-corrected chi connectivity index (χ4v) is 2.61. The molecule has 3 rings (SSSR count). The zero-order valence-corrected chi connectivity index (χ0v) is 15.7. The monoisotopic (exact) mass is 367 g/mol. The summed E-state index contributed by atoms with van der Waals surface area (Å²) in [6.07, 6.45) is 0. The minimum atomic E-state index is -0.351. The molecule has 0 radical (unpaired) electrons. The maximum atomic E-state index is 12.2. The molecule has 0 aliphatic rings. The molecule has 0 saturated carbocycles. The van der Waals surface area contributed by atoms with Gasteiger partial charge in [-0.1, -0.05) is 6.07 Å². The number of nitrogens with one attached hydrogen (secondary N) is 1. The number of ether oxygens (including phenoxy) is 2. The Bertz CT molecular complexity index is 966. The van der Waals surface area contributed by atoms with Gasteiger partial charge in [-0.05, 0) is 78.1 Å². The number of anilines is 1. The molecule has 1 amide bonds. The molecular weight excluding hydrogens is 346 g/mol. The van der Waals surface area contributed by atoms with E-state index in [1.54, 1.807) is 7.11 Å². The number of aryl methyl sites for hydroxylation is 3. The summed E-state index contributed by atoms with van der Waals surface area (Å²) < 4.78 is 15.6. The molecule has 7 nitrogen and oxygen atoms in total. The average Bonchev–Trinajstić information content (AvgIpc) is 3.10. The summed E-state index contributed by atoms with van der Waals surface area (Å²) in [6.45, 7) is 5.79. The molecule has 0 bridgehead atoms. The zero-order valence-electron chi connectivity index (χ0n) is 15.7. The van der Waals surface area contributed by atoms with Crippen LogP contribution in [-0.2, 0) is 4.79 Å². The van der Waals surface area contributed by atoms with E-state index in [4.69, 9.17) is 14.1 Å². The Balaban J connectivity index is 1.68. The molecule has 3 aromatic rings. The number of rotatable bonds is 6. The van der Waals surface area contributed by atoms with Gasteiger partial charge in [0, 0.05) is 5.56 Å². The van der Waals surface area contributed by atoms with Crippen molar-refractivity contribution in [3.63, 3.8) is 0 Å². The van der Waals surface area contributed by atoms with Crippen molar-refractivity contribution in [1.82, 2.24) is 10.3 Å². The maximum absolute atomic E-state index is 12.2. The number of aromatic nitrogens is 2. The van der Waals surface area contributed by atoms with Gasteiger partial charge in [-0.15, -0.1) is 0 Å². The summed E-state index contributed by atoms with van der Waals surface area (Å²) in [7, 11) is 1.61. The van der Waals surface area contributed by atoms with Gasteiger partial charge in [0.25, 0.3) is 5.91 Å². The Labute approximate surface area is 157 Å². The van der Waals surface area contributed by atoms with Crippen LogP contribution in [0.5, 0.6) is 11.5 Å². The van der Waals surface area contributed by atoms with Gasteiger partial charge in [-0.3, -0.25) is 4.79 Å². The molecule has 0 aliphatic carbocycles. The van der Waals surface area contributed by atoms with Crippen molar-refractivity contribution in [2.75, 3.05) is 19.0 Å². The van der Waals surface area contributed by atoms with Crippen LogP contribution in [0.1, 0.15) is 16.7 Å². The smallest absolute Gasteiger partial charge is 0.263 e. The number of amides is 1. The lowest BCUT2D eigenvalue weighted by molar-refractivity contribution is -0.118. The van der Waals surface area contributed by atoms with Gasteiger partial charge in [-0.2, -0.15) is 0 Å². The molecule has 1 heterocycles. The van der Waals surface area contributed by atoms with E-state index in [1.165, 1.54) is 5.56 Å². The SMILES string of the molecule is COc1ccc(-c2nonc2NC(=O)COc2ccc(C)c(C)c2)cc1C. The van der Waals surface area contributed by atoms with Crippen LogP contribution in [0.4, 0.5) is 5.82 Å². The fourth-order valence-electron chi connectivity index (χ4n) is 2.61. The van der Waals surface area contributed by atoms with Crippen LogP contribution >= 0.6 is 0 Å². The summed E-state index contributed by atoms with van der Waals surface area (Å²) >= 11 is 0. The highest BCUT2D eigenvalue weighted by Gasteiger charge is 2.16. The topological polar surface area (TPSA) is 86.5 Å². The van der Waals surface area contributed by atoms with E-state index < -0.39 is 0 Å². The molecule has 2 aromatic carbocycles. The minimum absolute atomic E-state index is 0.142. The highest BCUT2D eigenvalue weighted by molar-refractivity contribution is 5.94. The van der Waals surface area contributed by atoms with Crippen LogP contribution in [0, 0.1) is 20.8 Å². The van der Waals surface area contributed by atoms with E-state index in [-0.39, 0.29) is 18.3 Å². The van der Waals surface area contributed by atoms with Crippen LogP contribution in [-0.4, -0.2) is 29.9 Å². The Morgan fingerprint density at radius 2 is 1.85 bits per heavy atom. The molecule has 0 fully saturated rings. The Morgan fingerprint density at radius 1 is 1.04 bits per heavy atom. The van der Waals surface area contributed by atoms with Crippen molar-refractivity contribution in [2.24, 2.45) is 0 Å². The van der Waals surface area contributed by atoms with Crippen molar-refractivity contribution in [2.45, 2.75) is 20.8 Å². The van der Waals surface area contributed by atoms with E-state index in [9.17, 15) is 4.79 Å². The van der Waals surface area contributed by atoms with Crippen molar-refractivity contribution >= 4 is 11.7 Å². The van der Waals surface area contributed by atoms with Gasteiger partial charge in [-0.25, -0.2) is 4.63 Å². The lowest BCUT2D eigenvalue weighted by atomic mass is 10.1. The van der Waals surface area contributed by atoms with Gasteiger partial charge >= 0.3 is 0 Å². The highest BCUT2D eigenvalue weighted by Crippen LogP contribution is 2.28. The zero-order chi connectivity index (χ0) is 19.4. The third-order valence-corrected chi connectivity index (χ3v) is 4.26. The first-order chi connectivity index (χ1) is 13.0. The van der Waals surface area contributed by atoms with Crippen LogP contribution in [0.15, 0.2) is 41.0 Å². The second-order valence-electron chi connectivity index (χ2n) is 6.23. The predicted molar refractivity (Wildman–Crippen MR) is 101 cm³/mol. The first-order valence-electron chi connectivity index (χ1n) is 8.45. The maximum Gasteiger partial charge on any atom is 0.263 e. The second-order valence-corrected chi connectivity index (χ2v) is 6.23. The summed E-state index contributed by atoms with van der Waals surface area (Å²) in [5, 5.41) is 10.3. The van der Waals surface area contributed by atoms with Crippen LogP contribution in [0.3, 0.4) is 0 Å². The molecule has 0 unspecified atom stereocenters. The average molecular weight is 367 g/mol. The van der Waals surface area contributed by atoms with Gasteiger partial charge in [0.15, 0.2) is 12.3 Å². The molecular formula is C20H21N3O4. The quantitative estimate of drug-likeness (QED) is 0.715. The predicted octanol–water partition coefficient (Wildman–Crippen LogP) is 3.69. The van der Waals surface area contributed by atoms with E-state index in [1.807, 2.05) is 57.2 Å². The third-order valence-electron chi connectivity index (χ3n) is 4.26. The Kier molecular flexibility index (Phi) is 5.40. The molecule has 0 atom stereocenters. The number of methoxy groups -OCH3 is 1. The molecule has 27 heavy (non-hydrogen) atoms. The highest BCUT2D eigenvalue weighted by atomic mass is 16.6. The second kappa shape index (κ2) is 7.90. The summed E-state index contributed by atoms with van der Waals surface area (Å²) in [5.74, 6) is 1.30. The van der Waals surface area contributed by atoms with Crippen molar-refractivity contribution in [1.29, 1.82) is 0 Å². The number of hydrogen-bond acceptors (Lipinski definition) is 6. The standard InChI is InChI=1S/C20H21N3O4/c1-12-5-7-16(10-13(12)2)26-11-18(24)21-20-19(22-27-23-20)15-6-8-17(25-4)14(3)9-15/h5-10H,11H2,1-4H3,(H,21,23,24). The number of nitrogens with zero attached hydrogens (tertiary/aromatic N) is 2. The third kappa shape index (κ3) is 4.25. The molecule has 0 spiro atoms. The summed E-state index contributed by atoms with van der Waals surface area (Å²) in [6, 6.07) is 11.2. The number of carbonyl (C=O) groups excluding carboxylic acids is 1. The van der Waals surface area contributed by atoms with E-state index in [0.717, 1.165) is 22.4 Å². The normalized spacial score (nSPS) is 10.5. The van der Waals surface area contributed by atoms with Gasteiger partial charge < -0.3 is 14.8 Å². The first-order valence-corrected chi connectivity index (χ1v) is 8.45. The van der Waals surface area contributed by atoms with Crippen molar-refractivity contribution in [3.05, 3.63) is 53.1 Å². The van der Waals surface area contributed by atoms with Crippen molar-refractivity contribution < 1.29 is 18.9 Å². The lowest BCUT2D eigenvalue weighted by Crippen LogP contribution is -2.20. The van der Waals surface area contributed by atoms with Gasteiger partial charge in [0.1, 0.15) is 11.5 Å². The Hall–Kier alpha value is -3.35. The van der Waals surface area contributed by atoms with Gasteiger partial charge in [0.05, 0.1) is 7.11 Å². The molecule has 0 aliphatic heterocycles. The molecule has 7 heteroatoms. The summed E-state index contributed by atoms with van der Waals surface area (Å²) in [5.41, 5.74) is 4.42. The molecule has 140 valence electrons. The largest absolute Gasteiger partial charge is 0.496 e. The van der Waals surface area contributed by atoms with Crippen LogP contribution < -0.4 is 14.8 Å².